The number of rotatable bonds is 5. The summed E-state index contributed by atoms with van der Waals surface area (Å²) >= 11 is 0. The highest BCUT2D eigenvalue weighted by atomic mass is 127. The van der Waals surface area contributed by atoms with Crippen molar-refractivity contribution in [2.24, 2.45) is 4.99 Å². The molecule has 0 unspecified atom stereocenters. The molecule has 172 valence electrons. The number of non-ortho nitro benzene ring substituents is 1. The highest BCUT2D eigenvalue weighted by Gasteiger charge is 2.26. The van der Waals surface area contributed by atoms with Crippen LogP contribution in [0.1, 0.15) is 41.8 Å². The van der Waals surface area contributed by atoms with Crippen LogP contribution < -0.4 is 5.32 Å². The summed E-state index contributed by atoms with van der Waals surface area (Å²) in [7, 11) is 0. The zero-order valence-corrected chi connectivity index (χ0v) is 20.1. The number of guanidine groups is 1. The minimum Gasteiger partial charge on any atom is -0.459 e. The molecule has 2 aromatic rings. The molecule has 1 aromatic heterocycles. The second kappa shape index (κ2) is 11.3. The SMILES string of the molecule is I.O=C(c1ccco1)N1CCN(C(=NCc2ccc([N+](=O)[O-])cc2)NC2CCCC2)CC1. The molecule has 9 nitrogen and oxygen atoms in total. The number of hydrogen-bond donors (Lipinski definition) is 1. The molecule has 1 aliphatic carbocycles. The van der Waals surface area contributed by atoms with Gasteiger partial charge in [-0.3, -0.25) is 14.9 Å². The Morgan fingerprint density at radius 1 is 1.09 bits per heavy atom. The molecule has 1 saturated heterocycles. The monoisotopic (exact) mass is 553 g/mol. The quantitative estimate of drug-likeness (QED) is 0.199. The topological polar surface area (TPSA) is 104 Å². The number of carbonyl (C=O) groups is 1. The number of benzene rings is 1. The van der Waals surface area contributed by atoms with Crippen molar-refractivity contribution in [3.63, 3.8) is 0 Å². The van der Waals surface area contributed by atoms with Gasteiger partial charge in [-0.2, -0.15) is 0 Å². The maximum Gasteiger partial charge on any atom is 0.289 e. The van der Waals surface area contributed by atoms with Gasteiger partial charge in [-0.25, -0.2) is 4.99 Å². The highest BCUT2D eigenvalue weighted by Crippen LogP contribution is 2.19. The fourth-order valence-corrected chi connectivity index (χ4v) is 4.06. The van der Waals surface area contributed by atoms with Gasteiger partial charge < -0.3 is 19.5 Å². The van der Waals surface area contributed by atoms with Crippen molar-refractivity contribution in [3.8, 4) is 0 Å². The summed E-state index contributed by atoms with van der Waals surface area (Å²) < 4.78 is 5.24. The van der Waals surface area contributed by atoms with Crippen molar-refractivity contribution in [1.29, 1.82) is 0 Å². The van der Waals surface area contributed by atoms with E-state index in [1.807, 2.05) is 0 Å². The van der Waals surface area contributed by atoms with Gasteiger partial charge in [0.2, 0.25) is 0 Å². The Bertz CT molecular complexity index is 918. The molecule has 1 amide bonds. The molecule has 0 radical (unpaired) electrons. The number of nitrogens with zero attached hydrogens (tertiary/aromatic N) is 4. The molecule has 2 fully saturated rings. The van der Waals surface area contributed by atoms with Gasteiger partial charge >= 0.3 is 0 Å². The smallest absolute Gasteiger partial charge is 0.289 e. The standard InChI is InChI=1S/C22H27N5O4.HI/c28-21(20-6-3-15-31-20)25-11-13-26(14-12-25)22(24-18-4-1-2-5-18)23-16-17-7-9-19(10-8-17)27(29)30;/h3,6-10,15,18H,1-2,4-5,11-14,16H2,(H,23,24);1H. The summed E-state index contributed by atoms with van der Waals surface area (Å²) in [6, 6.07) is 10.3. The van der Waals surface area contributed by atoms with E-state index in [0.717, 1.165) is 24.4 Å². The van der Waals surface area contributed by atoms with Crippen LogP contribution >= 0.6 is 24.0 Å². The molecule has 1 aliphatic heterocycles. The molecule has 0 bridgehead atoms. The second-order valence-corrected chi connectivity index (χ2v) is 7.95. The number of carbonyl (C=O) groups excluding carboxylic acids is 1. The maximum atomic E-state index is 12.5. The van der Waals surface area contributed by atoms with Gasteiger partial charge in [-0.05, 0) is 30.5 Å². The zero-order valence-electron chi connectivity index (χ0n) is 17.8. The summed E-state index contributed by atoms with van der Waals surface area (Å²) in [6.07, 6.45) is 6.22. The number of furan rings is 1. The van der Waals surface area contributed by atoms with Crippen molar-refractivity contribution >= 4 is 41.5 Å². The average Bonchev–Trinajstić information content (AvgIpc) is 3.51. The van der Waals surface area contributed by atoms with Gasteiger partial charge in [-0.1, -0.05) is 25.0 Å². The molecule has 1 aromatic carbocycles. The van der Waals surface area contributed by atoms with E-state index in [1.165, 1.54) is 31.2 Å². The van der Waals surface area contributed by atoms with E-state index < -0.39 is 4.92 Å². The molecular weight excluding hydrogens is 525 g/mol. The Hall–Kier alpha value is -2.63. The number of halogens is 1. The first-order valence-electron chi connectivity index (χ1n) is 10.7. The van der Waals surface area contributed by atoms with Crippen molar-refractivity contribution in [1.82, 2.24) is 15.1 Å². The van der Waals surface area contributed by atoms with Crippen molar-refractivity contribution < 1.29 is 14.1 Å². The Kier molecular flexibility index (Phi) is 8.48. The zero-order chi connectivity index (χ0) is 21.6. The number of aliphatic imine (C=N–C) groups is 1. The molecule has 32 heavy (non-hydrogen) atoms. The molecule has 4 rings (SSSR count). The van der Waals surface area contributed by atoms with Crippen LogP contribution in [0.25, 0.3) is 0 Å². The lowest BCUT2D eigenvalue weighted by atomic mass is 10.2. The predicted molar refractivity (Wildman–Crippen MR) is 131 cm³/mol. The van der Waals surface area contributed by atoms with Gasteiger partial charge in [0.15, 0.2) is 11.7 Å². The fraction of sp³-hybridized carbons (Fsp3) is 0.455. The number of hydrogen-bond acceptors (Lipinski definition) is 5. The Labute approximate surface area is 204 Å². The molecule has 10 heteroatoms. The minimum atomic E-state index is -0.399. The maximum absolute atomic E-state index is 12.5. The predicted octanol–water partition coefficient (Wildman–Crippen LogP) is 3.65. The highest BCUT2D eigenvalue weighted by molar-refractivity contribution is 14.0. The lowest BCUT2D eigenvalue weighted by Gasteiger charge is -2.37. The van der Waals surface area contributed by atoms with Crippen molar-refractivity contribution in [2.75, 3.05) is 26.2 Å². The molecule has 1 saturated carbocycles. The molecule has 2 aliphatic rings. The van der Waals surface area contributed by atoms with E-state index in [0.29, 0.717) is 44.5 Å². The Morgan fingerprint density at radius 2 is 1.75 bits per heavy atom. The van der Waals surface area contributed by atoms with E-state index in [2.05, 4.69) is 10.2 Å². The first-order valence-corrected chi connectivity index (χ1v) is 10.7. The van der Waals surface area contributed by atoms with Gasteiger partial charge in [0.1, 0.15) is 0 Å². The number of nitrogens with one attached hydrogen (secondary N) is 1. The third-order valence-corrected chi connectivity index (χ3v) is 5.85. The van der Waals surface area contributed by atoms with Crippen LogP contribution in [-0.2, 0) is 6.54 Å². The van der Waals surface area contributed by atoms with E-state index in [4.69, 9.17) is 9.41 Å². The second-order valence-electron chi connectivity index (χ2n) is 7.95. The third-order valence-electron chi connectivity index (χ3n) is 5.85. The van der Waals surface area contributed by atoms with Crippen LogP contribution in [0, 0.1) is 10.1 Å². The van der Waals surface area contributed by atoms with Crippen LogP contribution in [0.2, 0.25) is 0 Å². The van der Waals surface area contributed by atoms with E-state index >= 15 is 0 Å². The minimum absolute atomic E-state index is 0. The molecule has 0 atom stereocenters. The Morgan fingerprint density at radius 3 is 2.34 bits per heavy atom. The van der Waals surface area contributed by atoms with Gasteiger partial charge in [0.25, 0.3) is 11.6 Å². The van der Waals surface area contributed by atoms with E-state index in [9.17, 15) is 14.9 Å². The molecular formula is C22H28IN5O4. The summed E-state index contributed by atoms with van der Waals surface area (Å²) in [6.45, 7) is 3.01. The summed E-state index contributed by atoms with van der Waals surface area (Å²) in [5, 5.41) is 14.5. The molecule has 2 heterocycles. The van der Waals surface area contributed by atoms with E-state index in [-0.39, 0.29) is 35.6 Å². The normalized spacial score (nSPS) is 17.2. The van der Waals surface area contributed by atoms with Crippen LogP contribution in [0.4, 0.5) is 5.69 Å². The van der Waals surface area contributed by atoms with Crippen LogP contribution in [-0.4, -0.2) is 58.8 Å². The number of nitro groups is 1. The molecule has 0 spiro atoms. The largest absolute Gasteiger partial charge is 0.459 e. The number of amides is 1. The van der Waals surface area contributed by atoms with Crippen LogP contribution in [0.15, 0.2) is 52.1 Å². The summed E-state index contributed by atoms with van der Waals surface area (Å²) in [5.74, 6) is 1.12. The van der Waals surface area contributed by atoms with Crippen LogP contribution in [0.3, 0.4) is 0 Å². The summed E-state index contributed by atoms with van der Waals surface area (Å²) in [5.41, 5.74) is 0.998. The average molecular weight is 553 g/mol. The Balaban J connectivity index is 0.00000289. The summed E-state index contributed by atoms with van der Waals surface area (Å²) in [4.78, 5) is 31.8. The fourth-order valence-electron chi connectivity index (χ4n) is 4.06. The first-order chi connectivity index (χ1) is 15.1. The third kappa shape index (κ3) is 5.99. The van der Waals surface area contributed by atoms with Gasteiger partial charge in [-0.15, -0.1) is 24.0 Å². The van der Waals surface area contributed by atoms with Crippen molar-refractivity contribution in [3.05, 3.63) is 64.1 Å². The van der Waals surface area contributed by atoms with Gasteiger partial charge in [0, 0.05) is 44.4 Å². The van der Waals surface area contributed by atoms with E-state index in [1.54, 1.807) is 29.2 Å². The first kappa shape index (κ1) is 24.0. The number of piperazine rings is 1. The lowest BCUT2D eigenvalue weighted by Crippen LogP contribution is -2.55. The number of nitro benzene ring substituents is 1. The van der Waals surface area contributed by atoms with Crippen molar-refractivity contribution in [2.45, 2.75) is 38.3 Å². The van der Waals surface area contributed by atoms with Crippen LogP contribution in [0.5, 0.6) is 0 Å². The lowest BCUT2D eigenvalue weighted by molar-refractivity contribution is -0.384. The molecule has 1 N–H and O–H groups in total. The van der Waals surface area contributed by atoms with Gasteiger partial charge in [0.05, 0.1) is 17.7 Å².